The summed E-state index contributed by atoms with van der Waals surface area (Å²) in [5.41, 5.74) is 0. The number of rotatable bonds is 0. The molecule has 0 radical (unpaired) electrons. The molecule has 1 aromatic carbocycles. The van der Waals surface area contributed by atoms with Crippen LogP contribution in [0.1, 0.15) is 41.5 Å². The van der Waals surface area contributed by atoms with Crippen LogP contribution in [0.15, 0.2) is 29.2 Å². The van der Waals surface area contributed by atoms with Crippen LogP contribution in [0.2, 0.25) is 0 Å². The highest BCUT2D eigenvalue weighted by atomic mass is 32.2. The van der Waals surface area contributed by atoms with Crippen molar-refractivity contribution in [3.8, 4) is 5.75 Å². The molecule has 15 heavy (non-hydrogen) atoms. The first-order valence-electron chi connectivity index (χ1n) is 5.81. The summed E-state index contributed by atoms with van der Waals surface area (Å²) in [6, 6.07) is 8.09. The van der Waals surface area contributed by atoms with E-state index in [2.05, 4.69) is 6.07 Å². The van der Waals surface area contributed by atoms with E-state index in [9.17, 15) is 0 Å². The van der Waals surface area contributed by atoms with Crippen molar-refractivity contribution < 1.29 is 4.74 Å². The molecule has 0 spiro atoms. The van der Waals surface area contributed by atoms with Crippen LogP contribution in [0.4, 0.5) is 0 Å². The lowest BCUT2D eigenvalue weighted by Gasteiger charge is -1.92. The van der Waals surface area contributed by atoms with Crippen LogP contribution < -0.4 is 4.74 Å². The van der Waals surface area contributed by atoms with Crippen LogP contribution in [0, 0.1) is 0 Å². The molecule has 0 N–H and O–H groups in total. The minimum Gasteiger partial charge on any atom is -0.481 e. The smallest absolute Gasteiger partial charge is 0.138 e. The summed E-state index contributed by atoms with van der Waals surface area (Å²) in [4.78, 5) is 1.26. The average molecular weight is 228 g/mol. The Kier molecular flexibility index (Phi) is 15.0. The normalized spacial score (nSPS) is 10.0. The zero-order chi connectivity index (χ0) is 12.1. The lowest BCUT2D eigenvalue weighted by molar-refractivity contribution is 0.397. The Labute approximate surface area is 99.2 Å². The maximum absolute atomic E-state index is 5.26. The predicted molar refractivity (Wildman–Crippen MR) is 71.8 cm³/mol. The molecule has 0 unspecified atom stereocenters. The molecule has 1 nitrogen and oxygen atoms in total. The Morgan fingerprint density at radius 3 is 2.00 bits per heavy atom. The maximum Gasteiger partial charge on any atom is 0.138 e. The van der Waals surface area contributed by atoms with E-state index in [0.717, 1.165) is 11.7 Å². The molecule has 0 aromatic heterocycles. The summed E-state index contributed by atoms with van der Waals surface area (Å²) in [7, 11) is 0. The van der Waals surface area contributed by atoms with E-state index in [0.29, 0.717) is 0 Å². The van der Waals surface area contributed by atoms with Crippen LogP contribution in [0.5, 0.6) is 5.75 Å². The van der Waals surface area contributed by atoms with Gasteiger partial charge in [0.1, 0.15) is 11.7 Å². The minimum absolute atomic E-state index is 0.777. The van der Waals surface area contributed by atoms with Gasteiger partial charge < -0.3 is 4.74 Å². The summed E-state index contributed by atoms with van der Waals surface area (Å²) >= 11 is 1.75. The van der Waals surface area contributed by atoms with Crippen molar-refractivity contribution in [2.75, 3.05) is 5.94 Å². The number of thioether (sulfide) groups is 1. The van der Waals surface area contributed by atoms with Gasteiger partial charge >= 0.3 is 0 Å². The molecule has 2 heteroatoms. The molecule has 88 valence electrons. The van der Waals surface area contributed by atoms with Crippen molar-refractivity contribution in [3.63, 3.8) is 0 Å². The van der Waals surface area contributed by atoms with E-state index in [1.54, 1.807) is 11.8 Å². The molecule has 0 saturated carbocycles. The summed E-state index contributed by atoms with van der Waals surface area (Å²) < 4.78 is 5.26. The van der Waals surface area contributed by atoms with E-state index in [1.165, 1.54) is 4.90 Å². The van der Waals surface area contributed by atoms with Crippen molar-refractivity contribution in [3.05, 3.63) is 24.3 Å². The van der Waals surface area contributed by atoms with Gasteiger partial charge in [-0.15, -0.1) is 0 Å². The Bertz CT molecular complexity index is 201. The van der Waals surface area contributed by atoms with E-state index in [1.807, 2.05) is 59.7 Å². The molecule has 0 atom stereocenters. The maximum atomic E-state index is 5.26. The molecule has 1 heterocycles. The highest BCUT2D eigenvalue weighted by molar-refractivity contribution is 7.99. The van der Waals surface area contributed by atoms with E-state index >= 15 is 0 Å². The second kappa shape index (κ2) is 13.4. The predicted octanol–water partition coefficient (Wildman–Crippen LogP) is 5.21. The molecular weight excluding hydrogens is 204 g/mol. The molecule has 1 aliphatic rings. The average Bonchev–Trinajstić information content (AvgIpc) is 2.85. The van der Waals surface area contributed by atoms with E-state index in [-0.39, 0.29) is 0 Å². The van der Waals surface area contributed by atoms with Crippen molar-refractivity contribution in [1.29, 1.82) is 0 Å². The Balaban J connectivity index is 0. The molecule has 2 rings (SSSR count). The van der Waals surface area contributed by atoms with Gasteiger partial charge in [0.15, 0.2) is 0 Å². The second-order valence-corrected chi connectivity index (χ2v) is 2.82. The Morgan fingerprint density at radius 1 is 0.933 bits per heavy atom. The van der Waals surface area contributed by atoms with Gasteiger partial charge in [-0.25, -0.2) is 0 Å². The third-order valence-electron chi connectivity index (χ3n) is 1.28. The van der Waals surface area contributed by atoms with Gasteiger partial charge in [-0.05, 0) is 12.1 Å². The molecule has 0 amide bonds. The van der Waals surface area contributed by atoms with Crippen molar-refractivity contribution >= 4 is 11.8 Å². The summed E-state index contributed by atoms with van der Waals surface area (Å²) in [6.45, 7) is 12.0. The molecule has 1 aromatic rings. The summed E-state index contributed by atoms with van der Waals surface area (Å²) in [6.07, 6.45) is 0. The first-order valence-corrected chi connectivity index (χ1v) is 6.80. The van der Waals surface area contributed by atoms with Crippen molar-refractivity contribution in [1.82, 2.24) is 0 Å². The number of benzene rings is 1. The van der Waals surface area contributed by atoms with Crippen LogP contribution in [-0.4, -0.2) is 5.94 Å². The highest BCUT2D eigenvalue weighted by Gasteiger charge is 2.09. The van der Waals surface area contributed by atoms with Gasteiger partial charge in [0, 0.05) is 0 Å². The fourth-order valence-corrected chi connectivity index (χ4v) is 1.60. The molecule has 0 fully saturated rings. The van der Waals surface area contributed by atoms with Gasteiger partial charge in [-0.3, -0.25) is 0 Å². The molecule has 1 aliphatic heterocycles. The highest BCUT2D eigenvalue weighted by Crippen LogP contribution is 2.34. The van der Waals surface area contributed by atoms with Gasteiger partial charge in [-0.2, -0.15) is 0 Å². The van der Waals surface area contributed by atoms with E-state index < -0.39 is 0 Å². The third kappa shape index (κ3) is 6.45. The lowest BCUT2D eigenvalue weighted by Crippen LogP contribution is -1.80. The first kappa shape index (κ1) is 16.8. The topological polar surface area (TPSA) is 9.23 Å². The molecule has 0 saturated heterocycles. The van der Waals surface area contributed by atoms with Gasteiger partial charge in [0.2, 0.25) is 0 Å². The number of para-hydroxylation sites is 1. The van der Waals surface area contributed by atoms with Crippen LogP contribution in [0.3, 0.4) is 0 Å². The fourth-order valence-electron chi connectivity index (χ4n) is 0.845. The number of hydrogen-bond acceptors (Lipinski definition) is 2. The minimum atomic E-state index is 0.777. The monoisotopic (exact) mass is 228 g/mol. The Morgan fingerprint density at radius 2 is 1.47 bits per heavy atom. The quantitative estimate of drug-likeness (QED) is 0.603. The Hall–Kier alpha value is -0.630. The zero-order valence-electron chi connectivity index (χ0n) is 10.8. The summed E-state index contributed by atoms with van der Waals surface area (Å²) in [5, 5.41) is 0. The van der Waals surface area contributed by atoms with Gasteiger partial charge in [0.25, 0.3) is 0 Å². The standard InChI is InChI=1S/C7H6OS.3C2H6/c1-2-4-7-6(3-1)8-5-9-7;3*1-2/h1-4H,5H2;3*1-2H3. The largest absolute Gasteiger partial charge is 0.481 e. The number of ether oxygens (including phenoxy) is 1. The van der Waals surface area contributed by atoms with E-state index in [4.69, 9.17) is 4.74 Å². The summed E-state index contributed by atoms with van der Waals surface area (Å²) in [5.74, 6) is 1.81. The molecule has 0 aliphatic carbocycles. The number of fused-ring (bicyclic) bond motifs is 1. The van der Waals surface area contributed by atoms with Crippen LogP contribution in [0.25, 0.3) is 0 Å². The van der Waals surface area contributed by atoms with Crippen LogP contribution >= 0.6 is 11.8 Å². The second-order valence-electron chi connectivity index (χ2n) is 1.85. The third-order valence-corrected chi connectivity index (χ3v) is 2.16. The lowest BCUT2D eigenvalue weighted by atomic mass is 10.3. The molecular formula is C13H24OS. The van der Waals surface area contributed by atoms with Gasteiger partial charge in [-0.1, -0.05) is 65.4 Å². The van der Waals surface area contributed by atoms with Gasteiger partial charge in [0.05, 0.1) is 4.90 Å². The molecule has 0 bridgehead atoms. The zero-order valence-corrected chi connectivity index (χ0v) is 11.6. The SMILES string of the molecule is CC.CC.CC.c1ccc2c(c1)OCS2. The number of hydrogen-bond donors (Lipinski definition) is 0. The van der Waals surface area contributed by atoms with Crippen molar-refractivity contribution in [2.45, 2.75) is 46.4 Å². The van der Waals surface area contributed by atoms with Crippen LogP contribution in [-0.2, 0) is 0 Å². The first-order chi connectivity index (χ1) is 7.47. The fraction of sp³-hybridized carbons (Fsp3) is 0.538. The van der Waals surface area contributed by atoms with Crippen molar-refractivity contribution in [2.24, 2.45) is 0 Å².